The van der Waals surface area contributed by atoms with E-state index >= 15 is 0 Å². The highest BCUT2D eigenvalue weighted by Crippen LogP contribution is 2.37. The molecule has 0 radical (unpaired) electrons. The van der Waals surface area contributed by atoms with Gasteiger partial charge in [-0.1, -0.05) is 12.8 Å². The molecule has 0 spiro atoms. The molecule has 10 heteroatoms. The van der Waals surface area contributed by atoms with Crippen molar-refractivity contribution in [1.29, 1.82) is 0 Å². The van der Waals surface area contributed by atoms with Crippen LogP contribution in [0.3, 0.4) is 0 Å². The molecule has 2 atom stereocenters. The Morgan fingerprint density at radius 1 is 0.963 bits per heavy atom. The lowest BCUT2D eigenvalue weighted by molar-refractivity contribution is -0.143. The van der Waals surface area contributed by atoms with Gasteiger partial charge in [-0.05, 0) is 57.4 Å². The molecule has 2 N–H and O–H groups in total. The SMILES string of the molecule is CN(C)C1CCCC[C@@H]1NC(=S)Nc1cc(C(F)(F)F)cc(C(F)(F)F)c1. The van der Waals surface area contributed by atoms with Crippen molar-refractivity contribution in [2.24, 2.45) is 0 Å². The van der Waals surface area contributed by atoms with Crippen LogP contribution >= 0.6 is 12.2 Å². The predicted octanol–water partition coefficient (Wildman–Crippen LogP) is 4.88. The molecule has 0 aliphatic heterocycles. The first-order valence-electron chi connectivity index (χ1n) is 8.41. The van der Waals surface area contributed by atoms with Gasteiger partial charge in [-0.3, -0.25) is 0 Å². The molecule has 152 valence electrons. The van der Waals surface area contributed by atoms with Crippen LogP contribution in [0.25, 0.3) is 0 Å². The number of benzene rings is 1. The summed E-state index contributed by atoms with van der Waals surface area (Å²) in [6, 6.07) is 1.48. The zero-order chi connectivity index (χ0) is 20.4. The molecule has 1 unspecified atom stereocenters. The van der Waals surface area contributed by atoms with E-state index in [0.29, 0.717) is 12.1 Å². The van der Waals surface area contributed by atoms with Gasteiger partial charge in [-0.15, -0.1) is 0 Å². The van der Waals surface area contributed by atoms with Crippen LogP contribution in [0.5, 0.6) is 0 Å². The number of likely N-dealkylation sites (N-methyl/N-ethyl adjacent to an activating group) is 1. The quantitative estimate of drug-likeness (QED) is 0.546. The molecule has 1 aliphatic carbocycles. The molecule has 1 saturated carbocycles. The van der Waals surface area contributed by atoms with Crippen LogP contribution in [0.15, 0.2) is 18.2 Å². The van der Waals surface area contributed by atoms with E-state index in [1.165, 1.54) is 0 Å². The minimum absolute atomic E-state index is 0.00111. The molecular weight excluding hydrogens is 392 g/mol. The van der Waals surface area contributed by atoms with Crippen LogP contribution in [0.4, 0.5) is 32.0 Å². The smallest absolute Gasteiger partial charge is 0.358 e. The average Bonchev–Trinajstić information content (AvgIpc) is 2.53. The molecule has 1 aliphatic rings. The first kappa shape index (κ1) is 21.7. The van der Waals surface area contributed by atoms with E-state index < -0.39 is 23.5 Å². The summed E-state index contributed by atoms with van der Waals surface area (Å²) in [4.78, 5) is 2.03. The fourth-order valence-corrected chi connectivity index (χ4v) is 3.53. The summed E-state index contributed by atoms with van der Waals surface area (Å²) < 4.78 is 77.6. The summed E-state index contributed by atoms with van der Waals surface area (Å²) in [5.74, 6) is 0. The Labute approximate surface area is 159 Å². The molecule has 0 saturated heterocycles. The molecular formula is C17H21F6N3S. The zero-order valence-corrected chi connectivity index (χ0v) is 15.7. The van der Waals surface area contributed by atoms with E-state index in [1.54, 1.807) is 0 Å². The molecule has 1 aromatic carbocycles. The number of anilines is 1. The molecule has 1 fully saturated rings. The molecule has 1 aromatic rings. The largest absolute Gasteiger partial charge is 0.416 e. The third-order valence-corrected chi connectivity index (χ3v) is 4.77. The van der Waals surface area contributed by atoms with Gasteiger partial charge in [-0.25, -0.2) is 0 Å². The summed E-state index contributed by atoms with van der Waals surface area (Å²) in [6.45, 7) is 0. The van der Waals surface area contributed by atoms with Gasteiger partial charge >= 0.3 is 12.4 Å². The Balaban J connectivity index is 2.19. The summed E-state index contributed by atoms with van der Waals surface area (Å²) in [5.41, 5.74) is -3.12. The van der Waals surface area contributed by atoms with Crippen molar-refractivity contribution in [2.75, 3.05) is 19.4 Å². The number of hydrogen-bond acceptors (Lipinski definition) is 2. The average molecular weight is 413 g/mol. The summed E-state index contributed by atoms with van der Waals surface area (Å²) >= 11 is 5.13. The first-order chi connectivity index (χ1) is 12.4. The highest BCUT2D eigenvalue weighted by molar-refractivity contribution is 7.80. The highest BCUT2D eigenvalue weighted by Gasteiger charge is 2.37. The predicted molar refractivity (Wildman–Crippen MR) is 95.5 cm³/mol. The van der Waals surface area contributed by atoms with Crippen molar-refractivity contribution >= 4 is 23.0 Å². The monoisotopic (exact) mass is 413 g/mol. The maximum Gasteiger partial charge on any atom is 0.416 e. The van der Waals surface area contributed by atoms with Gasteiger partial charge < -0.3 is 15.5 Å². The van der Waals surface area contributed by atoms with Crippen molar-refractivity contribution in [1.82, 2.24) is 10.2 Å². The normalized spacial score (nSPS) is 21.2. The Hall–Kier alpha value is -1.55. The van der Waals surface area contributed by atoms with Crippen molar-refractivity contribution in [3.63, 3.8) is 0 Å². The van der Waals surface area contributed by atoms with Crippen molar-refractivity contribution < 1.29 is 26.3 Å². The molecule has 0 heterocycles. The molecule has 0 amide bonds. The Morgan fingerprint density at radius 2 is 1.48 bits per heavy atom. The van der Waals surface area contributed by atoms with Gasteiger partial charge in [0.1, 0.15) is 0 Å². The topological polar surface area (TPSA) is 27.3 Å². The Morgan fingerprint density at radius 3 is 1.96 bits per heavy atom. The van der Waals surface area contributed by atoms with Crippen molar-refractivity contribution in [3.05, 3.63) is 29.3 Å². The number of thiocarbonyl (C=S) groups is 1. The van der Waals surface area contributed by atoms with E-state index in [9.17, 15) is 26.3 Å². The molecule has 27 heavy (non-hydrogen) atoms. The van der Waals surface area contributed by atoms with E-state index in [4.69, 9.17) is 12.2 Å². The van der Waals surface area contributed by atoms with Crippen LogP contribution in [0.2, 0.25) is 0 Å². The van der Waals surface area contributed by atoms with Gasteiger partial charge in [0.25, 0.3) is 0 Å². The summed E-state index contributed by atoms with van der Waals surface area (Å²) in [5, 5.41) is 5.51. The molecule has 0 aromatic heterocycles. The molecule has 0 bridgehead atoms. The minimum atomic E-state index is -4.90. The lowest BCUT2D eigenvalue weighted by atomic mass is 9.90. The number of alkyl halides is 6. The number of nitrogens with zero attached hydrogens (tertiary/aromatic N) is 1. The lowest BCUT2D eigenvalue weighted by Crippen LogP contribution is -2.52. The summed E-state index contributed by atoms with van der Waals surface area (Å²) in [6.07, 6.45) is -6.00. The van der Waals surface area contributed by atoms with E-state index in [-0.39, 0.29) is 28.9 Å². The fraction of sp³-hybridized carbons (Fsp3) is 0.588. The van der Waals surface area contributed by atoms with Gasteiger partial charge in [0, 0.05) is 17.8 Å². The summed E-state index contributed by atoms with van der Waals surface area (Å²) in [7, 11) is 3.84. The van der Waals surface area contributed by atoms with Crippen LogP contribution in [0, 0.1) is 0 Å². The Kier molecular flexibility index (Phi) is 6.62. The number of rotatable bonds is 3. The second-order valence-electron chi connectivity index (χ2n) is 6.81. The second-order valence-corrected chi connectivity index (χ2v) is 7.22. The van der Waals surface area contributed by atoms with Crippen molar-refractivity contribution in [3.8, 4) is 0 Å². The van der Waals surface area contributed by atoms with Crippen LogP contribution in [-0.4, -0.2) is 36.2 Å². The third kappa shape index (κ3) is 5.97. The maximum absolute atomic E-state index is 12.9. The van der Waals surface area contributed by atoms with E-state index in [2.05, 4.69) is 10.6 Å². The van der Waals surface area contributed by atoms with Crippen molar-refractivity contribution in [2.45, 2.75) is 50.1 Å². The standard InChI is InChI=1S/C17H21F6N3S/c1-26(2)14-6-4-3-5-13(14)25-15(27)24-12-8-10(16(18,19)20)7-11(9-12)17(21,22)23/h7-9,13-14H,3-6H2,1-2H3,(H2,24,25,27)/t13-,14?/m0/s1. The van der Waals surface area contributed by atoms with Gasteiger partial charge in [0.15, 0.2) is 5.11 Å². The van der Waals surface area contributed by atoms with Gasteiger partial charge in [-0.2, -0.15) is 26.3 Å². The maximum atomic E-state index is 12.9. The van der Waals surface area contributed by atoms with Gasteiger partial charge in [0.05, 0.1) is 11.1 Å². The fourth-order valence-electron chi connectivity index (χ4n) is 3.26. The van der Waals surface area contributed by atoms with Gasteiger partial charge in [0.2, 0.25) is 0 Å². The van der Waals surface area contributed by atoms with Crippen LogP contribution in [0.1, 0.15) is 36.8 Å². The highest BCUT2D eigenvalue weighted by atomic mass is 32.1. The first-order valence-corrected chi connectivity index (χ1v) is 8.82. The van der Waals surface area contributed by atoms with E-state index in [1.807, 2.05) is 19.0 Å². The molecule has 2 rings (SSSR count). The third-order valence-electron chi connectivity index (χ3n) is 4.55. The second kappa shape index (κ2) is 8.22. The lowest BCUT2D eigenvalue weighted by Gasteiger charge is -2.37. The molecule has 3 nitrogen and oxygen atoms in total. The van der Waals surface area contributed by atoms with E-state index in [0.717, 1.165) is 25.7 Å². The van der Waals surface area contributed by atoms with Crippen LogP contribution < -0.4 is 10.6 Å². The Bertz CT molecular complexity index is 639. The van der Waals surface area contributed by atoms with Crippen LogP contribution in [-0.2, 0) is 12.4 Å². The number of halogens is 6. The number of hydrogen-bond donors (Lipinski definition) is 2. The zero-order valence-electron chi connectivity index (χ0n) is 14.8. The minimum Gasteiger partial charge on any atom is -0.358 e. The number of nitrogens with one attached hydrogen (secondary N) is 2.